The highest BCUT2D eigenvalue weighted by Crippen LogP contribution is 2.48. The Labute approximate surface area is 191 Å². The maximum atomic E-state index is 13.2. The molecule has 2 bridgehead atoms. The number of nitrogens with one attached hydrogen (secondary N) is 1. The number of esters is 1. The summed E-state index contributed by atoms with van der Waals surface area (Å²) in [5.41, 5.74) is -1.55. The molecule has 2 N–H and O–H groups in total. The summed E-state index contributed by atoms with van der Waals surface area (Å²) in [6.07, 6.45) is 3.93. The number of amides is 1. The van der Waals surface area contributed by atoms with E-state index in [9.17, 15) is 14.7 Å². The normalized spacial score (nSPS) is 28.8. The maximum Gasteiger partial charge on any atom is 0.344 e. The molecule has 2 aromatic heterocycles. The van der Waals surface area contributed by atoms with Crippen LogP contribution >= 0.6 is 11.3 Å². The van der Waals surface area contributed by atoms with Crippen molar-refractivity contribution in [2.45, 2.75) is 50.7 Å². The first-order valence-electron chi connectivity index (χ1n) is 11.5. The topological polar surface area (TPSA) is 102 Å². The van der Waals surface area contributed by atoms with Crippen LogP contribution in [0.3, 0.4) is 0 Å². The molecular formula is C23H30N3O5S+. The number of anilines is 1. The van der Waals surface area contributed by atoms with E-state index >= 15 is 0 Å². The molecule has 3 saturated heterocycles. The number of rotatable bonds is 8. The van der Waals surface area contributed by atoms with Crippen LogP contribution in [-0.4, -0.2) is 58.9 Å². The average molecular weight is 461 g/mol. The van der Waals surface area contributed by atoms with Crippen LogP contribution in [0.1, 0.15) is 43.2 Å². The number of piperidine rings is 3. The SMILES string of the molecule is CCc1cc(NC(=O)C[N+]23CCC(CC2)C(OC(=O)[C@@](O)(c2cccs2)C2CC2)C3)no1. The number of aryl methyl sites for hydroxylation is 1. The second-order valence-corrected chi connectivity index (χ2v) is 10.5. The summed E-state index contributed by atoms with van der Waals surface area (Å²) < 4.78 is 11.8. The molecule has 0 radical (unpaired) electrons. The molecular weight excluding hydrogens is 430 g/mol. The van der Waals surface area contributed by atoms with Crippen molar-refractivity contribution in [3.05, 3.63) is 34.2 Å². The molecule has 5 heterocycles. The minimum atomic E-state index is -1.55. The largest absolute Gasteiger partial charge is 0.454 e. The fourth-order valence-corrected chi connectivity index (χ4v) is 6.19. The molecule has 0 aromatic carbocycles. The number of nitrogens with zero attached hydrogens (tertiary/aromatic N) is 2. The smallest absolute Gasteiger partial charge is 0.344 e. The second kappa shape index (κ2) is 8.28. The summed E-state index contributed by atoms with van der Waals surface area (Å²) >= 11 is 1.39. The van der Waals surface area contributed by atoms with E-state index in [1.54, 1.807) is 6.07 Å². The summed E-state index contributed by atoms with van der Waals surface area (Å²) in [5.74, 6) is 0.742. The molecule has 0 spiro atoms. The summed E-state index contributed by atoms with van der Waals surface area (Å²) in [4.78, 5) is 26.6. The summed E-state index contributed by atoms with van der Waals surface area (Å²) in [6.45, 7) is 4.67. The number of hydrogen-bond acceptors (Lipinski definition) is 7. The highest BCUT2D eigenvalue weighted by Gasteiger charge is 2.55. The lowest BCUT2D eigenvalue weighted by atomic mass is 9.83. The number of fused-ring (bicyclic) bond motifs is 3. The number of ether oxygens (including phenoxy) is 1. The molecule has 8 nitrogen and oxygen atoms in total. The van der Waals surface area contributed by atoms with Crippen molar-refractivity contribution < 1.29 is 28.4 Å². The van der Waals surface area contributed by atoms with Gasteiger partial charge in [-0.2, -0.15) is 0 Å². The van der Waals surface area contributed by atoms with E-state index in [1.165, 1.54) is 11.3 Å². The van der Waals surface area contributed by atoms with Crippen LogP contribution in [0.15, 0.2) is 28.1 Å². The Balaban J connectivity index is 1.25. The molecule has 4 fully saturated rings. The number of carbonyl (C=O) groups excluding carboxylic acids is 2. The number of aliphatic hydroxyl groups is 1. The monoisotopic (exact) mass is 460 g/mol. The average Bonchev–Trinajstić information content (AvgIpc) is 3.30. The van der Waals surface area contributed by atoms with Gasteiger partial charge in [0.2, 0.25) is 0 Å². The summed E-state index contributed by atoms with van der Waals surface area (Å²) in [5, 5.41) is 19.9. The van der Waals surface area contributed by atoms with E-state index in [0.717, 1.165) is 51.0 Å². The lowest BCUT2D eigenvalue weighted by Crippen LogP contribution is -2.66. The maximum absolute atomic E-state index is 13.2. The Bertz CT molecular complexity index is 978. The molecule has 1 unspecified atom stereocenters. The van der Waals surface area contributed by atoms with Gasteiger partial charge in [0.1, 0.15) is 12.3 Å². The Kier molecular flexibility index (Phi) is 5.59. The van der Waals surface area contributed by atoms with E-state index in [1.807, 2.05) is 24.4 Å². The van der Waals surface area contributed by atoms with Crippen LogP contribution < -0.4 is 5.32 Å². The van der Waals surface area contributed by atoms with Crippen LogP contribution in [0.25, 0.3) is 0 Å². The van der Waals surface area contributed by atoms with Crippen molar-refractivity contribution in [1.29, 1.82) is 0 Å². The van der Waals surface area contributed by atoms with Crippen molar-refractivity contribution in [3.63, 3.8) is 0 Å². The first kappa shape index (κ1) is 21.6. The molecule has 1 aliphatic carbocycles. The van der Waals surface area contributed by atoms with Gasteiger partial charge in [-0.15, -0.1) is 11.3 Å². The lowest BCUT2D eigenvalue weighted by Gasteiger charge is -2.51. The summed E-state index contributed by atoms with van der Waals surface area (Å²) in [7, 11) is 0. The zero-order valence-electron chi connectivity index (χ0n) is 18.3. The molecule has 4 aliphatic rings. The van der Waals surface area contributed by atoms with E-state index in [2.05, 4.69) is 10.5 Å². The van der Waals surface area contributed by atoms with Crippen molar-refractivity contribution in [3.8, 4) is 0 Å². The fraction of sp³-hybridized carbons (Fsp3) is 0.609. The highest BCUT2D eigenvalue weighted by atomic mass is 32.1. The first-order chi connectivity index (χ1) is 15.4. The van der Waals surface area contributed by atoms with E-state index in [-0.39, 0.29) is 23.8 Å². The Hall–Kier alpha value is -2.23. The van der Waals surface area contributed by atoms with Crippen LogP contribution in [0.2, 0.25) is 0 Å². The number of thiophene rings is 1. The molecule has 6 rings (SSSR count). The van der Waals surface area contributed by atoms with E-state index in [0.29, 0.717) is 28.3 Å². The van der Waals surface area contributed by atoms with Crippen molar-refractivity contribution in [1.82, 2.24) is 5.16 Å². The van der Waals surface area contributed by atoms with Gasteiger partial charge in [-0.25, -0.2) is 4.79 Å². The fourth-order valence-electron chi connectivity index (χ4n) is 5.29. The third kappa shape index (κ3) is 3.97. The Morgan fingerprint density at radius 1 is 1.34 bits per heavy atom. The van der Waals surface area contributed by atoms with Crippen molar-refractivity contribution in [2.24, 2.45) is 11.8 Å². The minimum Gasteiger partial charge on any atom is -0.454 e. The van der Waals surface area contributed by atoms with Gasteiger partial charge < -0.3 is 24.2 Å². The van der Waals surface area contributed by atoms with Gasteiger partial charge in [0.25, 0.3) is 5.91 Å². The third-order valence-corrected chi connectivity index (χ3v) is 8.32. The van der Waals surface area contributed by atoms with Gasteiger partial charge in [0, 0.05) is 42.0 Å². The summed E-state index contributed by atoms with van der Waals surface area (Å²) in [6, 6.07) is 5.41. The van der Waals surface area contributed by atoms with Gasteiger partial charge >= 0.3 is 5.97 Å². The van der Waals surface area contributed by atoms with Crippen LogP contribution in [-0.2, 0) is 26.3 Å². The third-order valence-electron chi connectivity index (χ3n) is 7.33. The van der Waals surface area contributed by atoms with Gasteiger partial charge in [0.05, 0.1) is 13.1 Å². The molecule has 1 saturated carbocycles. The van der Waals surface area contributed by atoms with E-state index in [4.69, 9.17) is 9.26 Å². The van der Waals surface area contributed by atoms with Crippen LogP contribution in [0, 0.1) is 11.8 Å². The minimum absolute atomic E-state index is 0.0703. The predicted molar refractivity (Wildman–Crippen MR) is 118 cm³/mol. The highest BCUT2D eigenvalue weighted by molar-refractivity contribution is 7.10. The zero-order chi connectivity index (χ0) is 22.3. The molecule has 2 atom stereocenters. The number of carbonyl (C=O) groups is 2. The van der Waals surface area contributed by atoms with Gasteiger partial charge in [-0.3, -0.25) is 4.79 Å². The molecule has 9 heteroatoms. The second-order valence-electron chi connectivity index (χ2n) is 9.51. The van der Waals surface area contributed by atoms with Gasteiger partial charge in [-0.1, -0.05) is 18.1 Å². The van der Waals surface area contributed by atoms with Gasteiger partial charge in [-0.05, 0) is 24.3 Å². The number of quaternary nitrogens is 1. The first-order valence-corrected chi connectivity index (χ1v) is 12.4. The Morgan fingerprint density at radius 3 is 2.75 bits per heavy atom. The number of aromatic nitrogens is 1. The molecule has 3 aliphatic heterocycles. The number of hydrogen-bond donors (Lipinski definition) is 2. The molecule has 1 amide bonds. The standard InChI is InChI=1S/C23H29N3O5S/c1-2-17-12-20(25-31-17)24-21(27)14-26-9-7-15(8-10-26)18(13-26)30-22(28)23(29,16-5-6-16)19-4-3-11-32-19/h3-4,11-12,15-16,18,29H,2,5-10,13-14H2,1H3/p+1/t15?,18?,23-,26?/m0/s1. The quantitative estimate of drug-likeness (QED) is 0.464. The van der Waals surface area contributed by atoms with Crippen molar-refractivity contribution in [2.75, 3.05) is 31.5 Å². The Morgan fingerprint density at radius 2 is 2.12 bits per heavy atom. The van der Waals surface area contributed by atoms with Crippen LogP contribution in [0.5, 0.6) is 0 Å². The predicted octanol–water partition coefficient (Wildman–Crippen LogP) is 2.69. The zero-order valence-corrected chi connectivity index (χ0v) is 19.1. The van der Waals surface area contributed by atoms with Crippen molar-refractivity contribution >= 4 is 29.0 Å². The van der Waals surface area contributed by atoms with Crippen LogP contribution in [0.4, 0.5) is 5.82 Å². The molecule has 32 heavy (non-hydrogen) atoms. The van der Waals surface area contributed by atoms with E-state index < -0.39 is 11.6 Å². The molecule has 172 valence electrons. The van der Waals surface area contributed by atoms with Gasteiger partial charge in [0.15, 0.2) is 24.1 Å². The molecule has 2 aromatic rings. The lowest BCUT2D eigenvalue weighted by molar-refractivity contribution is -0.939.